The molecule has 0 saturated carbocycles. The molecule has 4 rings (SSSR count). The molecule has 0 unspecified atom stereocenters. The lowest BCUT2D eigenvalue weighted by Gasteiger charge is -2.15. The Morgan fingerprint density at radius 1 is 0.815 bits per heavy atom. The van der Waals surface area contributed by atoms with Gasteiger partial charge in [0.25, 0.3) is 5.91 Å². The summed E-state index contributed by atoms with van der Waals surface area (Å²) in [5.74, 6) is -0.132. The molecule has 138 valence electrons. The number of benzene rings is 2. The number of nitrogens with zero attached hydrogens (tertiary/aromatic N) is 2. The van der Waals surface area contributed by atoms with E-state index in [1.165, 1.54) is 0 Å². The SMILES string of the molecule is CC(=O)N1CCc2cc(NC(=O)c3ccc4c(c3)CCN4C(C)=O)ccc21. The molecule has 2 heterocycles. The van der Waals surface area contributed by atoms with Crippen LogP contribution in [0.25, 0.3) is 0 Å². The molecule has 2 aliphatic rings. The molecule has 2 aliphatic heterocycles. The Morgan fingerprint density at radius 2 is 1.37 bits per heavy atom. The average molecular weight is 363 g/mol. The highest BCUT2D eigenvalue weighted by molar-refractivity contribution is 6.05. The Bertz CT molecular complexity index is 967. The summed E-state index contributed by atoms with van der Waals surface area (Å²) >= 11 is 0. The normalized spacial score (nSPS) is 14.7. The van der Waals surface area contributed by atoms with Crippen LogP contribution in [0.4, 0.5) is 17.1 Å². The van der Waals surface area contributed by atoms with Gasteiger partial charge in [-0.05, 0) is 60.4 Å². The lowest BCUT2D eigenvalue weighted by molar-refractivity contribution is -0.117. The number of amides is 3. The van der Waals surface area contributed by atoms with E-state index in [1.807, 2.05) is 30.3 Å². The van der Waals surface area contributed by atoms with E-state index in [2.05, 4.69) is 5.32 Å². The van der Waals surface area contributed by atoms with Crippen molar-refractivity contribution in [2.24, 2.45) is 0 Å². The molecular weight excluding hydrogens is 342 g/mol. The number of rotatable bonds is 2. The Labute approximate surface area is 157 Å². The van der Waals surface area contributed by atoms with E-state index in [9.17, 15) is 14.4 Å². The van der Waals surface area contributed by atoms with Crippen molar-refractivity contribution in [1.82, 2.24) is 0 Å². The lowest BCUT2D eigenvalue weighted by Crippen LogP contribution is -2.25. The van der Waals surface area contributed by atoms with Crippen molar-refractivity contribution >= 4 is 34.8 Å². The summed E-state index contributed by atoms with van der Waals surface area (Å²) < 4.78 is 0. The van der Waals surface area contributed by atoms with Crippen LogP contribution in [0.2, 0.25) is 0 Å². The maximum Gasteiger partial charge on any atom is 0.255 e. The Hall–Kier alpha value is -3.15. The van der Waals surface area contributed by atoms with Crippen LogP contribution in [0.5, 0.6) is 0 Å². The number of carbonyl (C=O) groups excluding carboxylic acids is 3. The summed E-state index contributed by atoms with van der Waals surface area (Å²) in [6.07, 6.45) is 1.55. The fraction of sp³-hybridized carbons (Fsp3) is 0.286. The molecule has 0 fully saturated rings. The lowest BCUT2D eigenvalue weighted by atomic mass is 10.1. The van der Waals surface area contributed by atoms with Crippen LogP contribution in [0.15, 0.2) is 36.4 Å². The van der Waals surface area contributed by atoms with Crippen LogP contribution in [-0.4, -0.2) is 30.8 Å². The van der Waals surface area contributed by atoms with Crippen LogP contribution in [0.1, 0.15) is 35.3 Å². The van der Waals surface area contributed by atoms with Gasteiger partial charge in [0.05, 0.1) is 0 Å². The summed E-state index contributed by atoms with van der Waals surface area (Å²) in [7, 11) is 0. The Balaban J connectivity index is 1.52. The first-order valence-corrected chi connectivity index (χ1v) is 9.07. The molecule has 6 nitrogen and oxygen atoms in total. The van der Waals surface area contributed by atoms with Crippen molar-refractivity contribution in [3.8, 4) is 0 Å². The molecule has 6 heteroatoms. The molecule has 1 N–H and O–H groups in total. The highest BCUT2D eigenvalue weighted by atomic mass is 16.2. The molecule has 0 aromatic heterocycles. The van der Waals surface area contributed by atoms with Crippen molar-refractivity contribution < 1.29 is 14.4 Å². The zero-order valence-corrected chi connectivity index (χ0v) is 15.4. The van der Waals surface area contributed by atoms with Crippen LogP contribution in [0, 0.1) is 0 Å². The van der Waals surface area contributed by atoms with Gasteiger partial charge in [-0.25, -0.2) is 0 Å². The third-order valence-electron chi connectivity index (χ3n) is 5.23. The summed E-state index contributed by atoms with van der Waals surface area (Å²) in [5.41, 5.74) is 5.18. The summed E-state index contributed by atoms with van der Waals surface area (Å²) in [6.45, 7) is 4.45. The Kier molecular flexibility index (Phi) is 4.18. The number of hydrogen-bond donors (Lipinski definition) is 1. The molecular formula is C21H21N3O3. The van der Waals surface area contributed by atoms with Crippen LogP contribution in [-0.2, 0) is 22.4 Å². The zero-order chi connectivity index (χ0) is 19.1. The second-order valence-electron chi connectivity index (χ2n) is 6.98. The largest absolute Gasteiger partial charge is 0.322 e. The van der Waals surface area contributed by atoms with Gasteiger partial charge >= 0.3 is 0 Å². The third-order valence-corrected chi connectivity index (χ3v) is 5.23. The second-order valence-corrected chi connectivity index (χ2v) is 6.98. The fourth-order valence-corrected chi connectivity index (χ4v) is 3.88. The summed E-state index contributed by atoms with van der Waals surface area (Å²) in [5, 5.41) is 2.93. The number of fused-ring (bicyclic) bond motifs is 2. The van der Waals surface area contributed by atoms with E-state index < -0.39 is 0 Å². The summed E-state index contributed by atoms with van der Waals surface area (Å²) in [4.78, 5) is 39.4. The second kappa shape index (κ2) is 6.54. The summed E-state index contributed by atoms with van der Waals surface area (Å²) in [6, 6.07) is 11.1. The van der Waals surface area contributed by atoms with Crippen LogP contribution in [0.3, 0.4) is 0 Å². The van der Waals surface area contributed by atoms with Crippen molar-refractivity contribution in [3.05, 3.63) is 53.1 Å². The van der Waals surface area contributed by atoms with E-state index in [-0.39, 0.29) is 17.7 Å². The molecule has 0 saturated heterocycles. The molecule has 27 heavy (non-hydrogen) atoms. The minimum atomic E-state index is -0.180. The quantitative estimate of drug-likeness (QED) is 0.892. The van der Waals surface area contributed by atoms with Gasteiger partial charge in [0.2, 0.25) is 11.8 Å². The first-order chi connectivity index (χ1) is 12.9. The van der Waals surface area contributed by atoms with Gasteiger partial charge in [-0.1, -0.05) is 0 Å². The third kappa shape index (κ3) is 3.07. The van der Waals surface area contributed by atoms with Crippen molar-refractivity contribution in [2.75, 3.05) is 28.2 Å². The molecule has 0 aliphatic carbocycles. The van der Waals surface area contributed by atoms with Gasteiger partial charge in [-0.15, -0.1) is 0 Å². The van der Waals surface area contributed by atoms with Crippen molar-refractivity contribution in [1.29, 1.82) is 0 Å². The topological polar surface area (TPSA) is 69.7 Å². The van der Waals surface area contributed by atoms with Gasteiger partial charge < -0.3 is 15.1 Å². The van der Waals surface area contributed by atoms with Gasteiger partial charge in [0.1, 0.15) is 0 Å². The average Bonchev–Trinajstić information content (AvgIpc) is 3.24. The maximum absolute atomic E-state index is 12.6. The van der Waals surface area contributed by atoms with E-state index >= 15 is 0 Å². The van der Waals surface area contributed by atoms with E-state index in [0.717, 1.165) is 41.0 Å². The molecule has 2 aromatic carbocycles. The number of anilines is 3. The standard InChI is InChI=1S/C21H21N3O3/c1-13(25)23-9-7-15-11-17(3-5-19(15)23)21(27)22-18-4-6-20-16(12-18)8-10-24(20)14(2)26/h3-6,11-12H,7-10H2,1-2H3,(H,22,27). The molecule has 0 atom stereocenters. The molecule has 0 spiro atoms. The zero-order valence-electron chi connectivity index (χ0n) is 15.4. The monoisotopic (exact) mass is 363 g/mol. The predicted molar refractivity (Wildman–Crippen MR) is 104 cm³/mol. The van der Waals surface area contributed by atoms with E-state index in [4.69, 9.17) is 0 Å². The smallest absolute Gasteiger partial charge is 0.255 e. The van der Waals surface area contributed by atoms with Gasteiger partial charge in [0, 0.05) is 49.6 Å². The number of hydrogen-bond acceptors (Lipinski definition) is 3. The molecule has 2 aromatic rings. The van der Waals surface area contributed by atoms with Crippen molar-refractivity contribution in [3.63, 3.8) is 0 Å². The Morgan fingerprint density at radius 3 is 1.96 bits per heavy atom. The van der Waals surface area contributed by atoms with E-state index in [0.29, 0.717) is 18.7 Å². The van der Waals surface area contributed by atoms with Gasteiger partial charge in [-0.2, -0.15) is 0 Å². The molecule has 0 radical (unpaired) electrons. The van der Waals surface area contributed by atoms with Gasteiger partial charge in [-0.3, -0.25) is 14.4 Å². The van der Waals surface area contributed by atoms with Crippen molar-refractivity contribution in [2.45, 2.75) is 26.7 Å². The minimum Gasteiger partial charge on any atom is -0.322 e. The number of nitrogens with one attached hydrogen (secondary N) is 1. The molecule has 3 amide bonds. The minimum absolute atomic E-state index is 0.0173. The van der Waals surface area contributed by atoms with Gasteiger partial charge in [0.15, 0.2) is 0 Å². The molecule has 0 bridgehead atoms. The predicted octanol–water partition coefficient (Wildman–Crippen LogP) is 2.76. The fourth-order valence-electron chi connectivity index (χ4n) is 3.88. The number of carbonyl (C=O) groups is 3. The van der Waals surface area contributed by atoms with E-state index in [1.54, 1.807) is 29.7 Å². The highest BCUT2D eigenvalue weighted by Gasteiger charge is 2.24. The van der Waals surface area contributed by atoms with Crippen LogP contribution >= 0.6 is 0 Å². The highest BCUT2D eigenvalue weighted by Crippen LogP contribution is 2.31. The van der Waals surface area contributed by atoms with Crippen LogP contribution < -0.4 is 15.1 Å². The first-order valence-electron chi connectivity index (χ1n) is 9.07. The first kappa shape index (κ1) is 17.3. The maximum atomic E-state index is 12.6.